The predicted octanol–water partition coefficient (Wildman–Crippen LogP) is 4.15. The molecule has 0 bridgehead atoms. The molecule has 0 spiro atoms. The van der Waals surface area contributed by atoms with Crippen molar-refractivity contribution in [1.29, 1.82) is 0 Å². The van der Waals surface area contributed by atoms with Gasteiger partial charge in [-0.3, -0.25) is 0 Å². The number of anilines is 1. The molecule has 6 heteroatoms. The topological polar surface area (TPSA) is 52.6 Å². The van der Waals surface area contributed by atoms with Gasteiger partial charge in [-0.05, 0) is 56.0 Å². The molecule has 1 aliphatic rings. The van der Waals surface area contributed by atoms with Crippen LogP contribution in [0.1, 0.15) is 43.9 Å². The lowest BCUT2D eigenvalue weighted by molar-refractivity contribution is 0.686. The first-order valence-electron chi connectivity index (χ1n) is 9.66. The second kappa shape index (κ2) is 9.60. The Morgan fingerprint density at radius 3 is 2.78 bits per heavy atom. The highest BCUT2D eigenvalue weighted by molar-refractivity contribution is 6.29. The minimum absolute atomic E-state index is 0.161. The third kappa shape index (κ3) is 5.60. The largest absolute Gasteiger partial charge is 0.372 e. The molecule has 1 aliphatic heterocycles. The summed E-state index contributed by atoms with van der Waals surface area (Å²) in [5.41, 5.74) is 3.60. The minimum Gasteiger partial charge on any atom is -0.372 e. The number of hydrogen-bond donors (Lipinski definition) is 2. The lowest BCUT2D eigenvalue weighted by Gasteiger charge is -2.22. The minimum atomic E-state index is 0.161. The van der Waals surface area contributed by atoms with E-state index in [0.717, 1.165) is 31.2 Å². The fourth-order valence-electron chi connectivity index (χ4n) is 3.24. The maximum atomic E-state index is 5.85. The van der Waals surface area contributed by atoms with E-state index in [0.29, 0.717) is 11.7 Å². The number of hydrogen-bond acceptors (Lipinski definition) is 3. The Morgan fingerprint density at radius 1 is 1.26 bits per heavy atom. The van der Waals surface area contributed by atoms with Crippen LogP contribution in [0.2, 0.25) is 5.15 Å². The van der Waals surface area contributed by atoms with Crippen LogP contribution in [0.15, 0.2) is 47.6 Å². The summed E-state index contributed by atoms with van der Waals surface area (Å²) in [4.78, 5) is 11.3. The highest BCUT2D eigenvalue weighted by Crippen LogP contribution is 2.24. The van der Waals surface area contributed by atoms with E-state index in [-0.39, 0.29) is 6.04 Å². The van der Waals surface area contributed by atoms with Crippen molar-refractivity contribution in [2.45, 2.75) is 39.3 Å². The second-order valence-corrected chi connectivity index (χ2v) is 7.23. The summed E-state index contributed by atoms with van der Waals surface area (Å²) in [6.07, 6.45) is 4.34. The van der Waals surface area contributed by atoms with Crippen molar-refractivity contribution in [1.82, 2.24) is 15.6 Å². The Bertz CT molecular complexity index is 753. The maximum absolute atomic E-state index is 5.85. The van der Waals surface area contributed by atoms with Crippen LogP contribution in [-0.4, -0.2) is 30.6 Å². The molecule has 1 aromatic heterocycles. The standard InChI is InChI=1S/C21H28ClN5/c1-3-23-21(25-15-17-9-10-20(22)24-14-17)26-16(2)18-7-6-8-19(13-18)27-11-4-5-12-27/h6-10,13-14,16H,3-5,11-12,15H2,1-2H3,(H2,23,25,26). The van der Waals surface area contributed by atoms with Gasteiger partial charge >= 0.3 is 0 Å². The molecule has 27 heavy (non-hydrogen) atoms. The zero-order valence-electron chi connectivity index (χ0n) is 16.1. The van der Waals surface area contributed by atoms with Gasteiger partial charge in [0, 0.05) is 31.5 Å². The zero-order chi connectivity index (χ0) is 19.1. The van der Waals surface area contributed by atoms with Crippen LogP contribution in [-0.2, 0) is 6.54 Å². The average molecular weight is 386 g/mol. The summed E-state index contributed by atoms with van der Waals surface area (Å²) < 4.78 is 0. The zero-order valence-corrected chi connectivity index (χ0v) is 16.8. The van der Waals surface area contributed by atoms with Crippen molar-refractivity contribution in [2.24, 2.45) is 4.99 Å². The first-order chi connectivity index (χ1) is 13.2. The molecule has 3 rings (SSSR count). The van der Waals surface area contributed by atoms with Gasteiger partial charge in [0.15, 0.2) is 5.96 Å². The highest BCUT2D eigenvalue weighted by atomic mass is 35.5. The van der Waals surface area contributed by atoms with Gasteiger partial charge in [-0.15, -0.1) is 0 Å². The molecule has 0 radical (unpaired) electrons. The first kappa shape index (κ1) is 19.5. The third-order valence-corrected chi connectivity index (χ3v) is 4.97. The number of rotatable bonds is 6. The van der Waals surface area contributed by atoms with E-state index in [2.05, 4.69) is 63.6 Å². The summed E-state index contributed by atoms with van der Waals surface area (Å²) in [6, 6.07) is 12.7. The highest BCUT2D eigenvalue weighted by Gasteiger charge is 2.14. The fraction of sp³-hybridized carbons (Fsp3) is 0.429. The van der Waals surface area contributed by atoms with Crippen molar-refractivity contribution in [2.75, 3.05) is 24.5 Å². The molecule has 2 N–H and O–H groups in total. The van der Waals surface area contributed by atoms with Crippen molar-refractivity contribution >= 4 is 23.2 Å². The summed E-state index contributed by atoms with van der Waals surface area (Å²) in [5.74, 6) is 0.798. The Labute approximate surface area is 166 Å². The molecule has 0 amide bonds. The Morgan fingerprint density at radius 2 is 2.07 bits per heavy atom. The van der Waals surface area contributed by atoms with Gasteiger partial charge in [0.05, 0.1) is 12.6 Å². The molecule has 1 saturated heterocycles. The first-order valence-corrected chi connectivity index (χ1v) is 10.0. The lowest BCUT2D eigenvalue weighted by atomic mass is 10.1. The SMILES string of the molecule is CCNC(=NCc1ccc(Cl)nc1)NC(C)c1cccc(N2CCCC2)c1. The Hall–Kier alpha value is -2.27. The molecule has 1 fully saturated rings. The molecule has 1 atom stereocenters. The molecule has 144 valence electrons. The van der Waals surface area contributed by atoms with Crippen LogP contribution in [0.3, 0.4) is 0 Å². The van der Waals surface area contributed by atoms with Crippen molar-refractivity contribution in [3.8, 4) is 0 Å². The van der Waals surface area contributed by atoms with E-state index < -0.39 is 0 Å². The van der Waals surface area contributed by atoms with E-state index in [1.165, 1.54) is 24.1 Å². The van der Waals surface area contributed by atoms with Crippen LogP contribution in [0.5, 0.6) is 0 Å². The van der Waals surface area contributed by atoms with Gasteiger partial charge in [-0.1, -0.05) is 29.8 Å². The molecule has 0 saturated carbocycles. The second-order valence-electron chi connectivity index (χ2n) is 6.84. The van der Waals surface area contributed by atoms with E-state index >= 15 is 0 Å². The monoisotopic (exact) mass is 385 g/mol. The van der Waals surface area contributed by atoms with Gasteiger partial charge in [0.2, 0.25) is 0 Å². The van der Waals surface area contributed by atoms with Gasteiger partial charge < -0.3 is 15.5 Å². The van der Waals surface area contributed by atoms with Gasteiger partial charge in [0.1, 0.15) is 5.15 Å². The summed E-state index contributed by atoms with van der Waals surface area (Å²) >= 11 is 5.85. The maximum Gasteiger partial charge on any atom is 0.192 e. The normalized spacial score (nSPS) is 15.7. The number of halogens is 1. The van der Waals surface area contributed by atoms with E-state index in [9.17, 15) is 0 Å². The van der Waals surface area contributed by atoms with E-state index in [4.69, 9.17) is 11.6 Å². The van der Waals surface area contributed by atoms with Gasteiger partial charge in [0.25, 0.3) is 0 Å². The number of aliphatic imine (C=N–C) groups is 1. The quantitative estimate of drug-likeness (QED) is 0.445. The smallest absolute Gasteiger partial charge is 0.192 e. The molecule has 2 heterocycles. The molecule has 0 aliphatic carbocycles. The summed E-state index contributed by atoms with van der Waals surface area (Å²) in [7, 11) is 0. The molecule has 1 aromatic carbocycles. The third-order valence-electron chi connectivity index (χ3n) is 4.75. The Kier molecular flexibility index (Phi) is 6.93. The van der Waals surface area contributed by atoms with Crippen LogP contribution in [0.25, 0.3) is 0 Å². The van der Waals surface area contributed by atoms with Crippen molar-refractivity contribution in [3.05, 3.63) is 58.9 Å². The van der Waals surface area contributed by atoms with E-state index in [1.807, 2.05) is 6.07 Å². The molecular formula is C21H28ClN5. The van der Waals surface area contributed by atoms with E-state index in [1.54, 1.807) is 12.3 Å². The van der Waals surface area contributed by atoms with Crippen LogP contribution < -0.4 is 15.5 Å². The average Bonchev–Trinajstić information content (AvgIpc) is 3.22. The van der Waals surface area contributed by atoms with Crippen LogP contribution >= 0.6 is 11.6 Å². The van der Waals surface area contributed by atoms with Crippen LogP contribution in [0.4, 0.5) is 5.69 Å². The Balaban J connectivity index is 1.67. The lowest BCUT2D eigenvalue weighted by Crippen LogP contribution is -2.38. The van der Waals surface area contributed by atoms with Crippen molar-refractivity contribution < 1.29 is 0 Å². The van der Waals surface area contributed by atoms with Gasteiger partial charge in [-0.2, -0.15) is 0 Å². The molecule has 5 nitrogen and oxygen atoms in total. The number of nitrogens with one attached hydrogen (secondary N) is 2. The number of benzene rings is 1. The fourth-order valence-corrected chi connectivity index (χ4v) is 3.36. The number of guanidine groups is 1. The van der Waals surface area contributed by atoms with Crippen molar-refractivity contribution in [3.63, 3.8) is 0 Å². The predicted molar refractivity (Wildman–Crippen MR) is 114 cm³/mol. The molecular weight excluding hydrogens is 358 g/mol. The number of aromatic nitrogens is 1. The van der Waals surface area contributed by atoms with Gasteiger partial charge in [-0.25, -0.2) is 9.98 Å². The number of pyridine rings is 1. The summed E-state index contributed by atoms with van der Waals surface area (Å²) in [5, 5.41) is 7.32. The molecule has 1 unspecified atom stereocenters. The number of nitrogens with zero attached hydrogens (tertiary/aromatic N) is 3. The van der Waals surface area contributed by atoms with Crippen LogP contribution in [0, 0.1) is 0 Å². The molecule has 2 aromatic rings. The summed E-state index contributed by atoms with van der Waals surface area (Å²) in [6.45, 7) is 7.92.